The van der Waals surface area contributed by atoms with Crippen molar-refractivity contribution in [2.75, 3.05) is 49.6 Å². The van der Waals surface area contributed by atoms with Crippen molar-refractivity contribution in [3.8, 4) is 0 Å². The third-order valence-corrected chi connectivity index (χ3v) is 4.74. The van der Waals surface area contributed by atoms with Crippen LogP contribution in [0.5, 0.6) is 0 Å². The molecule has 0 unspecified atom stereocenters. The smallest absolute Gasteiger partial charge is 0.242 e. The zero-order valence-corrected chi connectivity index (χ0v) is 13.7. The molecule has 7 heteroatoms. The molecule has 1 N–H and O–H groups in total. The molecule has 0 bridgehead atoms. The number of likely N-dealkylation sites (tertiary alicyclic amines) is 1. The average molecular weight is 319 g/mol. The Labute approximate surface area is 136 Å². The second-order valence-corrected chi connectivity index (χ2v) is 6.35. The number of rotatable bonds is 5. The summed E-state index contributed by atoms with van der Waals surface area (Å²) in [5.41, 5.74) is 0. The number of carbonyl (C=O) groups is 1. The molecule has 0 aromatic carbocycles. The summed E-state index contributed by atoms with van der Waals surface area (Å²) in [6.07, 6.45) is 5.79. The molecule has 2 fully saturated rings. The molecule has 1 atom stereocenters. The number of aliphatic hydroxyl groups is 1. The largest absolute Gasteiger partial charge is 0.394 e. The number of amides is 1. The molecule has 2 aliphatic rings. The van der Waals surface area contributed by atoms with Crippen LogP contribution in [-0.4, -0.2) is 71.8 Å². The lowest BCUT2D eigenvalue weighted by Crippen LogP contribution is -2.38. The molecular weight excluding hydrogens is 294 g/mol. The van der Waals surface area contributed by atoms with Crippen LogP contribution in [0.4, 0.5) is 11.6 Å². The lowest BCUT2D eigenvalue weighted by molar-refractivity contribution is -0.128. The van der Waals surface area contributed by atoms with E-state index in [1.54, 1.807) is 0 Å². The minimum absolute atomic E-state index is 0.134. The van der Waals surface area contributed by atoms with E-state index in [-0.39, 0.29) is 18.6 Å². The summed E-state index contributed by atoms with van der Waals surface area (Å²) in [5, 5.41) is 9.47. The van der Waals surface area contributed by atoms with Gasteiger partial charge in [-0.1, -0.05) is 0 Å². The number of hydrogen-bond acceptors (Lipinski definition) is 6. The minimum atomic E-state index is 0.134. The molecule has 3 rings (SSSR count). The van der Waals surface area contributed by atoms with E-state index in [2.05, 4.69) is 14.9 Å². The molecule has 0 aliphatic carbocycles. The van der Waals surface area contributed by atoms with Crippen molar-refractivity contribution < 1.29 is 9.90 Å². The van der Waals surface area contributed by atoms with Crippen LogP contribution in [0.2, 0.25) is 0 Å². The summed E-state index contributed by atoms with van der Waals surface area (Å²) < 4.78 is 0. The molecule has 1 amide bonds. The fraction of sp³-hybridized carbons (Fsp3) is 0.688. The van der Waals surface area contributed by atoms with Crippen molar-refractivity contribution >= 4 is 17.5 Å². The number of nitrogens with zero attached hydrogens (tertiary/aromatic N) is 5. The Balaban J connectivity index is 1.67. The molecule has 0 saturated carbocycles. The summed E-state index contributed by atoms with van der Waals surface area (Å²) >= 11 is 0. The Hall–Kier alpha value is -1.89. The minimum Gasteiger partial charge on any atom is -0.394 e. The first-order chi connectivity index (χ1) is 11.2. The Morgan fingerprint density at radius 2 is 2.09 bits per heavy atom. The van der Waals surface area contributed by atoms with Crippen LogP contribution in [0.1, 0.15) is 25.7 Å². The van der Waals surface area contributed by atoms with Crippen LogP contribution in [0.15, 0.2) is 12.4 Å². The van der Waals surface area contributed by atoms with Crippen LogP contribution in [0.3, 0.4) is 0 Å². The van der Waals surface area contributed by atoms with Crippen molar-refractivity contribution in [1.29, 1.82) is 0 Å². The Morgan fingerprint density at radius 3 is 2.83 bits per heavy atom. The Bertz CT molecular complexity index is 547. The Morgan fingerprint density at radius 1 is 1.30 bits per heavy atom. The van der Waals surface area contributed by atoms with E-state index in [4.69, 9.17) is 0 Å². The maximum absolute atomic E-state index is 12.3. The van der Waals surface area contributed by atoms with Crippen molar-refractivity contribution in [2.24, 2.45) is 0 Å². The first kappa shape index (κ1) is 16.0. The molecule has 0 radical (unpaired) electrons. The maximum Gasteiger partial charge on any atom is 0.242 e. The maximum atomic E-state index is 12.3. The van der Waals surface area contributed by atoms with Gasteiger partial charge in [0, 0.05) is 32.7 Å². The highest BCUT2D eigenvalue weighted by molar-refractivity contribution is 5.81. The number of carbonyl (C=O) groups excluding carboxylic acids is 1. The standard InChI is InChI=1S/C16H25N5O2/c1-19(10-16(23)20-6-2-3-7-20)14-9-15(18-12-17-14)21-8-4-5-13(21)11-22/h9,12-13,22H,2-8,10-11H2,1H3/t13-/m0/s1. The van der Waals surface area contributed by atoms with Gasteiger partial charge in [-0.3, -0.25) is 4.79 Å². The predicted molar refractivity (Wildman–Crippen MR) is 88.6 cm³/mol. The first-order valence-electron chi connectivity index (χ1n) is 8.37. The van der Waals surface area contributed by atoms with Gasteiger partial charge in [-0.15, -0.1) is 0 Å². The van der Waals surface area contributed by atoms with Crippen molar-refractivity contribution in [1.82, 2.24) is 14.9 Å². The molecule has 1 aromatic heterocycles. The molecule has 2 saturated heterocycles. The highest BCUT2D eigenvalue weighted by Crippen LogP contribution is 2.25. The number of hydrogen-bond donors (Lipinski definition) is 1. The fourth-order valence-corrected chi connectivity index (χ4v) is 3.38. The monoisotopic (exact) mass is 319 g/mol. The quantitative estimate of drug-likeness (QED) is 0.852. The van der Waals surface area contributed by atoms with Crippen molar-refractivity contribution in [2.45, 2.75) is 31.7 Å². The van der Waals surface area contributed by atoms with E-state index in [0.29, 0.717) is 6.54 Å². The summed E-state index contributed by atoms with van der Waals surface area (Å²) in [4.78, 5) is 26.8. The van der Waals surface area contributed by atoms with Gasteiger partial charge in [0.25, 0.3) is 0 Å². The predicted octanol–water partition coefficient (Wildman–Crippen LogP) is 0.496. The van der Waals surface area contributed by atoms with Crippen molar-refractivity contribution in [3.63, 3.8) is 0 Å². The SMILES string of the molecule is CN(CC(=O)N1CCCC1)c1cc(N2CCC[C@H]2CO)ncn1. The first-order valence-corrected chi connectivity index (χ1v) is 8.37. The van der Waals surface area contributed by atoms with Gasteiger partial charge in [-0.25, -0.2) is 9.97 Å². The van der Waals surface area contributed by atoms with Gasteiger partial charge in [-0.2, -0.15) is 0 Å². The highest BCUT2D eigenvalue weighted by atomic mass is 16.3. The van der Waals surface area contributed by atoms with Gasteiger partial charge in [0.05, 0.1) is 19.2 Å². The third kappa shape index (κ3) is 3.55. The molecule has 23 heavy (non-hydrogen) atoms. The van der Waals surface area contributed by atoms with Gasteiger partial charge in [0.2, 0.25) is 5.91 Å². The number of aromatic nitrogens is 2. The van der Waals surface area contributed by atoms with Gasteiger partial charge < -0.3 is 19.8 Å². The second-order valence-electron chi connectivity index (χ2n) is 6.35. The van der Waals surface area contributed by atoms with E-state index in [1.165, 1.54) is 6.33 Å². The van der Waals surface area contributed by atoms with Crippen molar-refractivity contribution in [3.05, 3.63) is 12.4 Å². The van der Waals surface area contributed by atoms with E-state index < -0.39 is 0 Å². The lowest BCUT2D eigenvalue weighted by atomic mass is 10.2. The second kappa shape index (κ2) is 7.12. The molecule has 0 spiro atoms. The van der Waals surface area contributed by atoms with Crippen LogP contribution in [0.25, 0.3) is 0 Å². The lowest BCUT2D eigenvalue weighted by Gasteiger charge is -2.26. The summed E-state index contributed by atoms with van der Waals surface area (Å²) in [6, 6.07) is 2.04. The van der Waals surface area contributed by atoms with Gasteiger partial charge >= 0.3 is 0 Å². The van der Waals surface area contributed by atoms with E-state index in [9.17, 15) is 9.90 Å². The topological polar surface area (TPSA) is 72.8 Å². The van der Waals surface area contributed by atoms with E-state index >= 15 is 0 Å². The normalized spacial score (nSPS) is 21.0. The summed E-state index contributed by atoms with van der Waals surface area (Å²) in [5.74, 6) is 1.72. The Kier molecular flexibility index (Phi) is 4.95. The van der Waals surface area contributed by atoms with Crippen LogP contribution in [-0.2, 0) is 4.79 Å². The highest BCUT2D eigenvalue weighted by Gasteiger charge is 2.26. The number of likely N-dealkylation sites (N-methyl/N-ethyl adjacent to an activating group) is 1. The molecule has 126 valence electrons. The van der Waals surface area contributed by atoms with E-state index in [0.717, 1.165) is 57.0 Å². The zero-order valence-electron chi connectivity index (χ0n) is 13.7. The fourth-order valence-electron chi connectivity index (χ4n) is 3.38. The van der Waals surface area contributed by atoms with Gasteiger partial charge in [0.15, 0.2) is 0 Å². The van der Waals surface area contributed by atoms with Crippen LogP contribution >= 0.6 is 0 Å². The zero-order chi connectivity index (χ0) is 16.2. The summed E-state index contributed by atoms with van der Waals surface area (Å²) in [6.45, 7) is 3.11. The molecule has 3 heterocycles. The molecule has 7 nitrogen and oxygen atoms in total. The number of aliphatic hydroxyl groups excluding tert-OH is 1. The van der Waals surface area contributed by atoms with Crippen LogP contribution in [0, 0.1) is 0 Å². The third-order valence-electron chi connectivity index (χ3n) is 4.74. The molecular formula is C16H25N5O2. The van der Waals surface area contributed by atoms with E-state index in [1.807, 2.05) is 22.9 Å². The molecule has 1 aromatic rings. The van der Waals surface area contributed by atoms with Gasteiger partial charge in [0.1, 0.15) is 18.0 Å². The molecule has 2 aliphatic heterocycles. The van der Waals surface area contributed by atoms with Gasteiger partial charge in [-0.05, 0) is 25.7 Å². The number of anilines is 2. The average Bonchev–Trinajstić information content (AvgIpc) is 3.26. The van der Waals surface area contributed by atoms with Crippen LogP contribution < -0.4 is 9.80 Å². The summed E-state index contributed by atoms with van der Waals surface area (Å²) in [7, 11) is 1.88.